The molecule has 0 bridgehead atoms. The molecule has 0 radical (unpaired) electrons. The molecule has 0 aliphatic carbocycles. The fourth-order valence-electron chi connectivity index (χ4n) is 1.97. The van der Waals surface area contributed by atoms with Gasteiger partial charge in [0, 0.05) is 6.54 Å². The third kappa shape index (κ3) is 2.06. The van der Waals surface area contributed by atoms with E-state index >= 15 is 0 Å². The summed E-state index contributed by atoms with van der Waals surface area (Å²) in [7, 11) is 0. The van der Waals surface area contributed by atoms with Crippen LogP contribution in [0.15, 0.2) is 18.2 Å². The third-order valence-electron chi connectivity index (χ3n) is 2.84. The Balaban J connectivity index is 1.81. The molecule has 2 aliphatic heterocycles. The highest BCUT2D eigenvalue weighted by atomic mass is 16.6. The van der Waals surface area contributed by atoms with Gasteiger partial charge in [-0.3, -0.25) is 4.79 Å². The standard InChI is InChI=1S/C12H13NO4/c14-12-7-17-11(6-13-12)8-1-2-9-10(5-8)16-4-3-15-9/h1-2,5,11H,3-4,6-7H2,(H,13,14)/t11-/m0/s1. The number of rotatable bonds is 1. The summed E-state index contributed by atoms with van der Waals surface area (Å²) < 4.78 is 16.4. The Labute approximate surface area is 98.7 Å². The first kappa shape index (κ1) is 10.4. The summed E-state index contributed by atoms with van der Waals surface area (Å²) in [5, 5.41) is 2.77. The van der Waals surface area contributed by atoms with E-state index in [1.165, 1.54) is 0 Å². The number of ether oxygens (including phenoxy) is 3. The van der Waals surface area contributed by atoms with Crippen molar-refractivity contribution in [1.29, 1.82) is 0 Å². The lowest BCUT2D eigenvalue weighted by atomic mass is 10.1. The minimum atomic E-state index is -0.108. The Morgan fingerprint density at radius 1 is 1.18 bits per heavy atom. The molecule has 0 aromatic heterocycles. The van der Waals surface area contributed by atoms with Gasteiger partial charge < -0.3 is 19.5 Å². The third-order valence-corrected chi connectivity index (χ3v) is 2.84. The minimum Gasteiger partial charge on any atom is -0.486 e. The van der Waals surface area contributed by atoms with Gasteiger partial charge in [0.25, 0.3) is 0 Å². The molecule has 3 rings (SSSR count). The van der Waals surface area contributed by atoms with Crippen LogP contribution in [-0.4, -0.2) is 32.3 Å². The van der Waals surface area contributed by atoms with Crippen LogP contribution in [0.2, 0.25) is 0 Å². The molecule has 0 saturated carbocycles. The second kappa shape index (κ2) is 4.25. The maximum atomic E-state index is 11.0. The first-order valence-electron chi connectivity index (χ1n) is 5.61. The Bertz CT molecular complexity index is 436. The average molecular weight is 235 g/mol. The Morgan fingerprint density at radius 2 is 2.00 bits per heavy atom. The van der Waals surface area contributed by atoms with Crippen molar-refractivity contribution in [2.75, 3.05) is 26.4 Å². The van der Waals surface area contributed by atoms with Gasteiger partial charge in [0.05, 0.1) is 0 Å². The van der Waals surface area contributed by atoms with Crippen molar-refractivity contribution < 1.29 is 19.0 Å². The number of benzene rings is 1. The SMILES string of the molecule is O=C1CO[C@H](c2ccc3c(c2)OCCO3)CN1. The zero-order valence-electron chi connectivity index (χ0n) is 9.27. The van der Waals surface area contributed by atoms with Crippen molar-refractivity contribution in [3.8, 4) is 11.5 Å². The van der Waals surface area contributed by atoms with Crippen LogP contribution in [0.25, 0.3) is 0 Å². The van der Waals surface area contributed by atoms with Gasteiger partial charge in [-0.1, -0.05) is 6.07 Å². The molecule has 1 amide bonds. The molecule has 1 atom stereocenters. The lowest BCUT2D eigenvalue weighted by Gasteiger charge is -2.25. The predicted octanol–water partition coefficient (Wildman–Crippen LogP) is 0.645. The number of hydrogen-bond acceptors (Lipinski definition) is 4. The smallest absolute Gasteiger partial charge is 0.246 e. The molecule has 1 N–H and O–H groups in total. The molecule has 1 aromatic carbocycles. The molecule has 90 valence electrons. The topological polar surface area (TPSA) is 56.8 Å². The largest absolute Gasteiger partial charge is 0.486 e. The van der Waals surface area contributed by atoms with Crippen LogP contribution in [0, 0.1) is 0 Å². The van der Waals surface area contributed by atoms with Gasteiger partial charge in [0.2, 0.25) is 5.91 Å². The first-order chi connectivity index (χ1) is 8.33. The van der Waals surface area contributed by atoms with E-state index in [9.17, 15) is 4.79 Å². The Kier molecular flexibility index (Phi) is 2.60. The van der Waals surface area contributed by atoms with Gasteiger partial charge in [-0.05, 0) is 17.7 Å². The molecule has 1 aromatic rings. The quantitative estimate of drug-likeness (QED) is 0.776. The number of carbonyl (C=O) groups excluding carboxylic acids is 1. The fraction of sp³-hybridized carbons (Fsp3) is 0.417. The molecule has 2 heterocycles. The number of carbonyl (C=O) groups is 1. The molecule has 2 aliphatic rings. The van der Waals surface area contributed by atoms with Crippen LogP contribution in [0.3, 0.4) is 0 Å². The predicted molar refractivity (Wildman–Crippen MR) is 59.1 cm³/mol. The van der Waals surface area contributed by atoms with Crippen molar-refractivity contribution >= 4 is 5.91 Å². The van der Waals surface area contributed by atoms with E-state index in [0.717, 1.165) is 17.1 Å². The summed E-state index contributed by atoms with van der Waals surface area (Å²) in [6.45, 7) is 1.76. The molecule has 0 spiro atoms. The summed E-state index contributed by atoms with van der Waals surface area (Å²) in [5.74, 6) is 1.44. The summed E-state index contributed by atoms with van der Waals surface area (Å²) in [5.41, 5.74) is 0.995. The summed E-state index contributed by atoms with van der Waals surface area (Å²) in [4.78, 5) is 11.0. The second-order valence-corrected chi connectivity index (χ2v) is 4.01. The van der Waals surface area contributed by atoms with E-state index in [1.54, 1.807) is 0 Å². The highest BCUT2D eigenvalue weighted by Crippen LogP contribution is 2.33. The van der Waals surface area contributed by atoms with E-state index in [1.807, 2.05) is 18.2 Å². The zero-order chi connectivity index (χ0) is 11.7. The highest BCUT2D eigenvalue weighted by molar-refractivity contribution is 5.77. The number of morpholine rings is 1. The second-order valence-electron chi connectivity index (χ2n) is 4.01. The van der Waals surface area contributed by atoms with E-state index < -0.39 is 0 Å². The van der Waals surface area contributed by atoms with Crippen molar-refractivity contribution in [2.45, 2.75) is 6.10 Å². The van der Waals surface area contributed by atoms with Crippen LogP contribution >= 0.6 is 0 Å². The Morgan fingerprint density at radius 3 is 2.76 bits per heavy atom. The van der Waals surface area contributed by atoms with Crippen LogP contribution in [-0.2, 0) is 9.53 Å². The number of amides is 1. The lowest BCUT2D eigenvalue weighted by Crippen LogP contribution is -2.38. The highest BCUT2D eigenvalue weighted by Gasteiger charge is 2.22. The monoisotopic (exact) mass is 235 g/mol. The van der Waals surface area contributed by atoms with E-state index in [2.05, 4.69) is 5.32 Å². The number of hydrogen-bond donors (Lipinski definition) is 1. The van der Waals surface area contributed by atoms with Crippen molar-refractivity contribution in [3.63, 3.8) is 0 Å². The van der Waals surface area contributed by atoms with Crippen LogP contribution in [0.5, 0.6) is 11.5 Å². The maximum absolute atomic E-state index is 11.0. The number of fused-ring (bicyclic) bond motifs is 1. The zero-order valence-corrected chi connectivity index (χ0v) is 9.27. The van der Waals surface area contributed by atoms with Gasteiger partial charge >= 0.3 is 0 Å². The molecular weight excluding hydrogens is 222 g/mol. The Hall–Kier alpha value is -1.75. The first-order valence-corrected chi connectivity index (χ1v) is 5.61. The van der Waals surface area contributed by atoms with Gasteiger partial charge in [0.15, 0.2) is 11.5 Å². The van der Waals surface area contributed by atoms with Crippen molar-refractivity contribution in [2.24, 2.45) is 0 Å². The van der Waals surface area contributed by atoms with Gasteiger partial charge in [-0.15, -0.1) is 0 Å². The molecule has 5 heteroatoms. The van der Waals surface area contributed by atoms with E-state index in [-0.39, 0.29) is 18.6 Å². The summed E-state index contributed by atoms with van der Waals surface area (Å²) >= 11 is 0. The van der Waals surface area contributed by atoms with Gasteiger partial charge in [0.1, 0.15) is 25.9 Å². The van der Waals surface area contributed by atoms with E-state index in [4.69, 9.17) is 14.2 Å². The van der Waals surface area contributed by atoms with Crippen molar-refractivity contribution in [1.82, 2.24) is 5.32 Å². The molecule has 5 nitrogen and oxygen atoms in total. The lowest BCUT2D eigenvalue weighted by molar-refractivity contribution is -0.133. The van der Waals surface area contributed by atoms with E-state index in [0.29, 0.717) is 19.8 Å². The molecule has 17 heavy (non-hydrogen) atoms. The van der Waals surface area contributed by atoms with Crippen LogP contribution < -0.4 is 14.8 Å². The maximum Gasteiger partial charge on any atom is 0.246 e. The average Bonchev–Trinajstić information content (AvgIpc) is 2.39. The fourth-order valence-corrected chi connectivity index (χ4v) is 1.97. The molecular formula is C12H13NO4. The minimum absolute atomic E-state index is 0.0706. The van der Waals surface area contributed by atoms with Crippen LogP contribution in [0.4, 0.5) is 0 Å². The molecule has 1 saturated heterocycles. The normalized spacial score (nSPS) is 23.1. The number of nitrogens with one attached hydrogen (secondary N) is 1. The van der Waals surface area contributed by atoms with Crippen molar-refractivity contribution in [3.05, 3.63) is 23.8 Å². The van der Waals surface area contributed by atoms with Crippen LogP contribution in [0.1, 0.15) is 11.7 Å². The molecule has 1 fully saturated rings. The van der Waals surface area contributed by atoms with Gasteiger partial charge in [-0.2, -0.15) is 0 Å². The summed E-state index contributed by atoms with van der Waals surface area (Å²) in [6.07, 6.45) is -0.108. The molecule has 0 unspecified atom stereocenters. The van der Waals surface area contributed by atoms with Gasteiger partial charge in [-0.25, -0.2) is 0 Å². The summed E-state index contributed by atoms with van der Waals surface area (Å²) in [6, 6.07) is 5.73.